The van der Waals surface area contributed by atoms with Gasteiger partial charge in [-0.1, -0.05) is 0 Å². The zero-order valence-corrected chi connectivity index (χ0v) is 12.8. The summed E-state index contributed by atoms with van der Waals surface area (Å²) in [4.78, 5) is 29.8. The summed E-state index contributed by atoms with van der Waals surface area (Å²) in [6, 6.07) is 4.29. The van der Waals surface area contributed by atoms with Crippen LogP contribution in [0.25, 0.3) is 0 Å². The molecule has 2 aliphatic rings. The standard InChI is InChI=1S/C16H22N4O2/c1-11(21)18-14-3-2-8-20(10-14)16(22)12-4-7-15(17-9-12)19-13-5-6-13/h4,7,9,13-14H,2-3,5-6,8,10H2,1H3,(H,17,19)(H,18,21)/t14-/m1/s1. The van der Waals surface area contributed by atoms with Crippen molar-refractivity contribution < 1.29 is 9.59 Å². The number of hydrogen-bond donors (Lipinski definition) is 2. The molecule has 1 aliphatic heterocycles. The third-order valence-corrected chi connectivity index (χ3v) is 4.06. The maximum Gasteiger partial charge on any atom is 0.255 e. The quantitative estimate of drug-likeness (QED) is 0.881. The van der Waals surface area contributed by atoms with Gasteiger partial charge in [0.2, 0.25) is 5.91 Å². The number of likely N-dealkylation sites (tertiary alicyclic amines) is 1. The Morgan fingerprint density at radius 2 is 2.05 bits per heavy atom. The van der Waals surface area contributed by atoms with Crippen molar-refractivity contribution in [3.63, 3.8) is 0 Å². The van der Waals surface area contributed by atoms with Crippen LogP contribution in [0.2, 0.25) is 0 Å². The van der Waals surface area contributed by atoms with Crippen molar-refractivity contribution in [2.24, 2.45) is 0 Å². The van der Waals surface area contributed by atoms with Crippen LogP contribution in [0.1, 0.15) is 43.0 Å². The molecule has 1 aromatic rings. The van der Waals surface area contributed by atoms with E-state index in [1.807, 2.05) is 12.1 Å². The first kappa shape index (κ1) is 14.8. The molecule has 2 heterocycles. The molecule has 1 saturated heterocycles. The van der Waals surface area contributed by atoms with E-state index in [1.165, 1.54) is 19.8 Å². The number of nitrogens with one attached hydrogen (secondary N) is 2. The van der Waals surface area contributed by atoms with E-state index in [4.69, 9.17) is 0 Å². The molecule has 0 spiro atoms. The van der Waals surface area contributed by atoms with Crippen LogP contribution in [0.4, 0.5) is 5.82 Å². The highest BCUT2D eigenvalue weighted by Gasteiger charge is 2.25. The first-order valence-corrected chi connectivity index (χ1v) is 7.91. The van der Waals surface area contributed by atoms with Gasteiger partial charge in [-0.15, -0.1) is 0 Å². The normalized spacial score (nSPS) is 21.3. The van der Waals surface area contributed by atoms with E-state index in [0.29, 0.717) is 18.2 Å². The first-order chi connectivity index (χ1) is 10.6. The molecule has 22 heavy (non-hydrogen) atoms. The predicted molar refractivity (Wildman–Crippen MR) is 83.6 cm³/mol. The van der Waals surface area contributed by atoms with Gasteiger partial charge in [-0.2, -0.15) is 0 Å². The van der Waals surface area contributed by atoms with Crippen molar-refractivity contribution in [2.45, 2.75) is 44.7 Å². The van der Waals surface area contributed by atoms with Gasteiger partial charge in [0.15, 0.2) is 0 Å². The molecular formula is C16H22N4O2. The Bertz CT molecular complexity index is 554. The molecule has 6 heteroatoms. The van der Waals surface area contributed by atoms with Gasteiger partial charge in [0.1, 0.15) is 5.82 Å². The highest BCUT2D eigenvalue weighted by atomic mass is 16.2. The average molecular weight is 302 g/mol. The van der Waals surface area contributed by atoms with E-state index in [2.05, 4.69) is 15.6 Å². The zero-order chi connectivity index (χ0) is 15.5. The van der Waals surface area contributed by atoms with Crippen molar-refractivity contribution in [3.8, 4) is 0 Å². The molecule has 0 radical (unpaired) electrons. The Hall–Kier alpha value is -2.11. The Morgan fingerprint density at radius 3 is 2.68 bits per heavy atom. The second kappa shape index (κ2) is 6.34. The molecule has 2 amide bonds. The lowest BCUT2D eigenvalue weighted by atomic mass is 10.0. The van der Waals surface area contributed by atoms with Gasteiger partial charge in [-0.05, 0) is 37.8 Å². The summed E-state index contributed by atoms with van der Waals surface area (Å²) >= 11 is 0. The molecule has 6 nitrogen and oxygen atoms in total. The van der Waals surface area contributed by atoms with Crippen LogP contribution in [0.5, 0.6) is 0 Å². The van der Waals surface area contributed by atoms with Crippen LogP contribution >= 0.6 is 0 Å². The molecule has 1 saturated carbocycles. The van der Waals surface area contributed by atoms with Crippen LogP contribution in [-0.4, -0.2) is 46.9 Å². The zero-order valence-electron chi connectivity index (χ0n) is 12.8. The number of hydrogen-bond acceptors (Lipinski definition) is 4. The highest BCUT2D eigenvalue weighted by Crippen LogP contribution is 2.23. The van der Waals surface area contributed by atoms with Crippen molar-refractivity contribution in [2.75, 3.05) is 18.4 Å². The highest BCUT2D eigenvalue weighted by molar-refractivity contribution is 5.94. The summed E-state index contributed by atoms with van der Waals surface area (Å²) in [6.07, 6.45) is 5.85. The van der Waals surface area contributed by atoms with E-state index < -0.39 is 0 Å². The summed E-state index contributed by atoms with van der Waals surface area (Å²) in [5, 5.41) is 6.20. The van der Waals surface area contributed by atoms with Crippen molar-refractivity contribution in [1.82, 2.24) is 15.2 Å². The molecule has 3 rings (SSSR count). The average Bonchev–Trinajstić information content (AvgIpc) is 3.31. The number of rotatable bonds is 4. The maximum atomic E-state index is 12.5. The van der Waals surface area contributed by atoms with Crippen LogP contribution in [-0.2, 0) is 4.79 Å². The van der Waals surface area contributed by atoms with Gasteiger partial charge in [0, 0.05) is 38.3 Å². The Balaban J connectivity index is 1.60. The number of aromatic nitrogens is 1. The summed E-state index contributed by atoms with van der Waals surface area (Å²) < 4.78 is 0. The maximum absolute atomic E-state index is 12.5. The van der Waals surface area contributed by atoms with E-state index in [-0.39, 0.29) is 17.9 Å². The van der Waals surface area contributed by atoms with Crippen molar-refractivity contribution >= 4 is 17.6 Å². The van der Waals surface area contributed by atoms with Crippen LogP contribution in [0.15, 0.2) is 18.3 Å². The smallest absolute Gasteiger partial charge is 0.255 e. The summed E-state index contributed by atoms with van der Waals surface area (Å²) in [6.45, 7) is 2.81. The van der Waals surface area contributed by atoms with Gasteiger partial charge in [0.05, 0.1) is 5.56 Å². The Morgan fingerprint density at radius 1 is 1.23 bits per heavy atom. The minimum Gasteiger partial charge on any atom is -0.367 e. The monoisotopic (exact) mass is 302 g/mol. The van der Waals surface area contributed by atoms with Crippen LogP contribution in [0, 0.1) is 0 Å². The van der Waals surface area contributed by atoms with E-state index in [9.17, 15) is 9.59 Å². The summed E-state index contributed by atoms with van der Waals surface area (Å²) in [7, 11) is 0. The molecule has 2 fully saturated rings. The molecule has 2 N–H and O–H groups in total. The molecule has 118 valence electrons. The van der Waals surface area contributed by atoms with E-state index >= 15 is 0 Å². The third kappa shape index (κ3) is 3.75. The number of pyridine rings is 1. The minimum absolute atomic E-state index is 0.0134. The first-order valence-electron chi connectivity index (χ1n) is 7.91. The van der Waals surface area contributed by atoms with Gasteiger partial charge < -0.3 is 15.5 Å². The number of anilines is 1. The fourth-order valence-corrected chi connectivity index (χ4v) is 2.79. The van der Waals surface area contributed by atoms with Gasteiger partial charge in [0.25, 0.3) is 5.91 Å². The van der Waals surface area contributed by atoms with Gasteiger partial charge in [-0.3, -0.25) is 9.59 Å². The predicted octanol–water partition coefficient (Wildman–Crippen LogP) is 1.40. The third-order valence-electron chi connectivity index (χ3n) is 4.06. The largest absolute Gasteiger partial charge is 0.367 e. The number of amides is 2. The Kier molecular flexibility index (Phi) is 4.27. The number of carbonyl (C=O) groups is 2. The number of nitrogens with zero attached hydrogens (tertiary/aromatic N) is 2. The van der Waals surface area contributed by atoms with Crippen molar-refractivity contribution in [3.05, 3.63) is 23.9 Å². The lowest BCUT2D eigenvalue weighted by Crippen LogP contribution is -2.49. The molecule has 0 aromatic carbocycles. The van der Waals surface area contributed by atoms with Gasteiger partial charge in [-0.25, -0.2) is 4.98 Å². The summed E-state index contributed by atoms with van der Waals surface area (Å²) in [5.74, 6) is 0.769. The second-order valence-corrected chi connectivity index (χ2v) is 6.14. The lowest BCUT2D eigenvalue weighted by molar-refractivity contribution is -0.120. The topological polar surface area (TPSA) is 74.3 Å². The second-order valence-electron chi connectivity index (χ2n) is 6.14. The van der Waals surface area contributed by atoms with Gasteiger partial charge >= 0.3 is 0 Å². The van der Waals surface area contributed by atoms with Crippen LogP contribution < -0.4 is 10.6 Å². The van der Waals surface area contributed by atoms with E-state index in [1.54, 1.807) is 11.1 Å². The fraction of sp³-hybridized carbons (Fsp3) is 0.562. The van der Waals surface area contributed by atoms with Crippen molar-refractivity contribution in [1.29, 1.82) is 0 Å². The minimum atomic E-state index is -0.0449. The van der Waals surface area contributed by atoms with Crippen LogP contribution in [0.3, 0.4) is 0 Å². The Labute approximate surface area is 130 Å². The molecular weight excluding hydrogens is 280 g/mol. The number of piperidine rings is 1. The molecule has 1 aromatic heterocycles. The fourth-order valence-electron chi connectivity index (χ4n) is 2.79. The molecule has 1 atom stereocenters. The van der Waals surface area contributed by atoms with E-state index in [0.717, 1.165) is 25.2 Å². The summed E-state index contributed by atoms with van der Waals surface area (Å²) in [5.41, 5.74) is 0.602. The SMILES string of the molecule is CC(=O)N[C@@H]1CCCN(C(=O)c2ccc(NC3CC3)nc2)C1. The molecule has 0 bridgehead atoms. The molecule has 1 aliphatic carbocycles. The molecule has 0 unspecified atom stereocenters. The number of carbonyl (C=O) groups excluding carboxylic acids is 2. The lowest BCUT2D eigenvalue weighted by Gasteiger charge is -2.33.